The van der Waals surface area contributed by atoms with Gasteiger partial charge >= 0.3 is 0 Å². The van der Waals surface area contributed by atoms with Crippen molar-refractivity contribution in [2.75, 3.05) is 10.9 Å². The van der Waals surface area contributed by atoms with Gasteiger partial charge in [-0.05, 0) is 73.5 Å². The monoisotopic (exact) mass is 459 g/mol. The number of hydrogen-bond acceptors (Lipinski definition) is 4. The maximum atomic E-state index is 13.1. The van der Waals surface area contributed by atoms with E-state index >= 15 is 0 Å². The van der Waals surface area contributed by atoms with Gasteiger partial charge in [0.15, 0.2) is 0 Å². The predicted molar refractivity (Wildman–Crippen MR) is 106 cm³/mol. The van der Waals surface area contributed by atoms with E-state index in [0.29, 0.717) is 18.0 Å². The SMILES string of the molecule is CCCOc1ccc(N(C(C)C(=O)Cl)S(=O)(=O)c2ccc(Br)cc2)cc1. The van der Waals surface area contributed by atoms with Crippen LogP contribution in [-0.2, 0) is 14.8 Å². The normalized spacial score (nSPS) is 12.5. The van der Waals surface area contributed by atoms with Crippen molar-refractivity contribution in [2.45, 2.75) is 31.2 Å². The third kappa shape index (κ3) is 4.78. The van der Waals surface area contributed by atoms with Gasteiger partial charge in [0.2, 0.25) is 5.24 Å². The van der Waals surface area contributed by atoms with Crippen molar-refractivity contribution in [2.24, 2.45) is 0 Å². The Morgan fingerprint density at radius 3 is 2.23 bits per heavy atom. The van der Waals surface area contributed by atoms with Crippen LogP contribution in [0.4, 0.5) is 5.69 Å². The first-order chi connectivity index (χ1) is 12.3. The molecule has 26 heavy (non-hydrogen) atoms. The molecule has 0 radical (unpaired) electrons. The molecule has 2 rings (SSSR count). The fourth-order valence-corrected chi connectivity index (χ4v) is 4.33. The van der Waals surface area contributed by atoms with E-state index in [0.717, 1.165) is 15.2 Å². The Labute approximate surface area is 167 Å². The zero-order chi connectivity index (χ0) is 19.3. The molecule has 0 aliphatic carbocycles. The zero-order valence-electron chi connectivity index (χ0n) is 14.4. The first-order valence-corrected chi connectivity index (χ1v) is 10.6. The summed E-state index contributed by atoms with van der Waals surface area (Å²) in [6.07, 6.45) is 0.865. The van der Waals surface area contributed by atoms with E-state index in [4.69, 9.17) is 16.3 Å². The molecule has 140 valence electrons. The second-order valence-electron chi connectivity index (χ2n) is 5.58. The van der Waals surface area contributed by atoms with Crippen molar-refractivity contribution in [1.82, 2.24) is 0 Å². The van der Waals surface area contributed by atoms with Gasteiger partial charge in [0, 0.05) is 4.47 Å². The average Bonchev–Trinajstić information content (AvgIpc) is 2.61. The van der Waals surface area contributed by atoms with E-state index in [1.165, 1.54) is 19.1 Å². The molecule has 0 spiro atoms. The van der Waals surface area contributed by atoms with Crippen LogP contribution >= 0.6 is 27.5 Å². The van der Waals surface area contributed by atoms with Crippen LogP contribution in [0.5, 0.6) is 5.75 Å². The Bertz CT molecular complexity index is 854. The number of carbonyl (C=O) groups excluding carboxylic acids is 1. The lowest BCUT2D eigenvalue weighted by Crippen LogP contribution is -2.42. The molecule has 8 heteroatoms. The Balaban J connectivity index is 2.46. The second kappa shape index (κ2) is 8.88. The van der Waals surface area contributed by atoms with E-state index in [2.05, 4.69) is 15.9 Å². The lowest BCUT2D eigenvalue weighted by molar-refractivity contribution is -0.112. The third-order valence-corrected chi connectivity index (χ3v) is 6.37. The molecule has 0 fully saturated rings. The highest BCUT2D eigenvalue weighted by Crippen LogP contribution is 2.29. The Hall–Kier alpha value is -1.57. The number of ether oxygens (including phenoxy) is 1. The summed E-state index contributed by atoms with van der Waals surface area (Å²) in [5.74, 6) is 0.626. The van der Waals surface area contributed by atoms with Gasteiger partial charge in [-0.2, -0.15) is 0 Å². The zero-order valence-corrected chi connectivity index (χ0v) is 17.5. The summed E-state index contributed by atoms with van der Waals surface area (Å²) in [4.78, 5) is 11.8. The fraction of sp³-hybridized carbons (Fsp3) is 0.278. The highest BCUT2D eigenvalue weighted by atomic mass is 79.9. The van der Waals surface area contributed by atoms with E-state index < -0.39 is 21.3 Å². The third-order valence-electron chi connectivity index (χ3n) is 3.61. The van der Waals surface area contributed by atoms with Crippen LogP contribution in [0.1, 0.15) is 20.3 Å². The molecule has 1 atom stereocenters. The minimum Gasteiger partial charge on any atom is -0.494 e. The van der Waals surface area contributed by atoms with Crippen LogP contribution in [0.3, 0.4) is 0 Å². The summed E-state index contributed by atoms with van der Waals surface area (Å²) in [7, 11) is -3.98. The van der Waals surface area contributed by atoms with Gasteiger partial charge in [-0.1, -0.05) is 22.9 Å². The smallest absolute Gasteiger partial charge is 0.265 e. The molecular formula is C18H19BrClNO4S. The minimum atomic E-state index is -3.98. The van der Waals surface area contributed by atoms with Crippen molar-refractivity contribution < 1.29 is 17.9 Å². The molecule has 0 N–H and O–H groups in total. The van der Waals surface area contributed by atoms with Crippen LogP contribution < -0.4 is 9.04 Å². The summed E-state index contributed by atoms with van der Waals surface area (Å²) in [5.41, 5.74) is 0.332. The van der Waals surface area contributed by atoms with Gasteiger partial charge in [0.05, 0.1) is 17.2 Å². The number of sulfonamides is 1. The summed E-state index contributed by atoms with van der Waals surface area (Å²) in [5, 5.41) is -0.767. The van der Waals surface area contributed by atoms with E-state index in [1.54, 1.807) is 36.4 Å². The predicted octanol–water partition coefficient (Wildman–Crippen LogP) is 4.59. The Morgan fingerprint density at radius 2 is 1.73 bits per heavy atom. The molecule has 2 aromatic rings. The summed E-state index contributed by atoms with van der Waals surface area (Å²) < 4.78 is 33.5. The van der Waals surface area contributed by atoms with Gasteiger partial charge in [0.1, 0.15) is 11.8 Å². The Morgan fingerprint density at radius 1 is 1.15 bits per heavy atom. The first-order valence-electron chi connectivity index (χ1n) is 7.99. The molecule has 1 unspecified atom stereocenters. The minimum absolute atomic E-state index is 0.0665. The lowest BCUT2D eigenvalue weighted by Gasteiger charge is -2.28. The van der Waals surface area contributed by atoms with Crippen LogP contribution in [0.15, 0.2) is 57.9 Å². The molecule has 5 nitrogen and oxygen atoms in total. The molecule has 0 saturated carbocycles. The fourth-order valence-electron chi connectivity index (χ4n) is 2.29. The van der Waals surface area contributed by atoms with Gasteiger partial charge in [-0.15, -0.1) is 0 Å². The van der Waals surface area contributed by atoms with Crippen molar-refractivity contribution in [1.29, 1.82) is 0 Å². The molecule has 0 aromatic heterocycles. The molecule has 0 aliphatic heterocycles. The standard InChI is InChI=1S/C18H19BrClNO4S/c1-3-12-25-16-8-6-15(7-9-16)21(13(2)18(20)22)26(23,24)17-10-4-14(19)5-11-17/h4-11,13H,3,12H2,1-2H3. The second-order valence-corrected chi connectivity index (χ2v) is 8.68. The lowest BCUT2D eigenvalue weighted by atomic mass is 10.2. The van der Waals surface area contributed by atoms with Crippen LogP contribution in [-0.4, -0.2) is 26.3 Å². The topological polar surface area (TPSA) is 63.7 Å². The average molecular weight is 461 g/mol. The quantitative estimate of drug-likeness (QED) is 0.541. The number of benzene rings is 2. The largest absolute Gasteiger partial charge is 0.494 e. The molecule has 0 saturated heterocycles. The first kappa shape index (κ1) is 20.7. The van der Waals surface area contributed by atoms with E-state index in [9.17, 15) is 13.2 Å². The molecule has 2 aromatic carbocycles. The number of carbonyl (C=O) groups is 1. The molecular weight excluding hydrogens is 442 g/mol. The highest BCUT2D eigenvalue weighted by molar-refractivity contribution is 9.10. The Kier molecular flexibility index (Phi) is 7.08. The molecule has 0 bridgehead atoms. The van der Waals surface area contributed by atoms with Crippen LogP contribution in [0.25, 0.3) is 0 Å². The maximum absolute atomic E-state index is 13.1. The number of anilines is 1. The number of nitrogens with zero attached hydrogens (tertiary/aromatic N) is 1. The molecule has 0 aliphatic rings. The number of halogens is 2. The van der Waals surface area contributed by atoms with Crippen LogP contribution in [0, 0.1) is 0 Å². The maximum Gasteiger partial charge on any atom is 0.265 e. The van der Waals surface area contributed by atoms with Crippen LogP contribution in [0.2, 0.25) is 0 Å². The number of hydrogen-bond donors (Lipinski definition) is 0. The van der Waals surface area contributed by atoms with Gasteiger partial charge in [-0.25, -0.2) is 8.42 Å². The van der Waals surface area contributed by atoms with E-state index in [1.807, 2.05) is 6.92 Å². The van der Waals surface area contributed by atoms with Crippen molar-refractivity contribution in [3.8, 4) is 5.75 Å². The van der Waals surface area contributed by atoms with E-state index in [-0.39, 0.29) is 4.90 Å². The summed E-state index contributed by atoms with van der Waals surface area (Å²) in [6, 6.07) is 11.6. The molecule has 0 heterocycles. The van der Waals surface area contributed by atoms with Gasteiger partial charge < -0.3 is 4.74 Å². The van der Waals surface area contributed by atoms with Crippen molar-refractivity contribution in [3.63, 3.8) is 0 Å². The van der Waals surface area contributed by atoms with Gasteiger partial charge in [0.25, 0.3) is 10.0 Å². The van der Waals surface area contributed by atoms with Crippen molar-refractivity contribution in [3.05, 3.63) is 53.0 Å². The molecule has 0 amide bonds. The van der Waals surface area contributed by atoms with Gasteiger partial charge in [-0.3, -0.25) is 9.10 Å². The van der Waals surface area contributed by atoms with Crippen molar-refractivity contribution >= 4 is 48.5 Å². The highest BCUT2D eigenvalue weighted by Gasteiger charge is 2.32. The summed E-state index contributed by atoms with van der Waals surface area (Å²) in [6.45, 7) is 4.01. The summed E-state index contributed by atoms with van der Waals surface area (Å²) >= 11 is 8.89. The number of rotatable bonds is 8.